The molecule has 17 heavy (non-hydrogen) atoms. The third-order valence-electron chi connectivity index (χ3n) is 2.51. The zero-order chi connectivity index (χ0) is 12.9. The van der Waals surface area contributed by atoms with Crippen molar-refractivity contribution in [2.45, 2.75) is 25.6 Å². The van der Waals surface area contributed by atoms with Gasteiger partial charge in [-0.15, -0.1) is 0 Å². The van der Waals surface area contributed by atoms with E-state index in [0.29, 0.717) is 19.5 Å². The number of alkyl halides is 3. The van der Waals surface area contributed by atoms with Crippen LogP contribution in [0.25, 0.3) is 0 Å². The molecule has 2 N–H and O–H groups in total. The molecule has 1 rings (SSSR count). The minimum Gasteiger partial charge on any atom is -0.332 e. The predicted molar refractivity (Wildman–Crippen MR) is 57.6 cm³/mol. The lowest BCUT2D eigenvalue weighted by molar-refractivity contribution is -0.162. The van der Waals surface area contributed by atoms with Crippen molar-refractivity contribution in [1.29, 1.82) is 0 Å². The second-order valence-electron chi connectivity index (χ2n) is 4.09. The van der Waals surface area contributed by atoms with E-state index in [1.54, 1.807) is 6.92 Å². The highest BCUT2D eigenvalue weighted by Crippen LogP contribution is 2.17. The molecule has 1 aliphatic rings. The maximum absolute atomic E-state index is 12.3. The summed E-state index contributed by atoms with van der Waals surface area (Å²) in [6.45, 7) is 2.44. The molecule has 0 aliphatic carbocycles. The monoisotopic (exact) mass is 253 g/mol. The number of halogens is 3. The van der Waals surface area contributed by atoms with Gasteiger partial charge < -0.3 is 15.5 Å². The number of carbonyl (C=O) groups excluding carboxylic acids is 1. The van der Waals surface area contributed by atoms with Crippen molar-refractivity contribution in [3.05, 3.63) is 0 Å². The Morgan fingerprint density at radius 2 is 2.12 bits per heavy atom. The molecule has 1 aliphatic heterocycles. The van der Waals surface area contributed by atoms with Crippen molar-refractivity contribution >= 4 is 5.91 Å². The second kappa shape index (κ2) is 6.20. The van der Waals surface area contributed by atoms with Crippen molar-refractivity contribution in [1.82, 2.24) is 15.5 Å². The quantitative estimate of drug-likeness (QED) is 0.760. The van der Waals surface area contributed by atoms with Gasteiger partial charge in [-0.1, -0.05) is 6.92 Å². The fourth-order valence-electron chi connectivity index (χ4n) is 1.80. The molecule has 1 heterocycles. The number of nitrogens with zero attached hydrogens (tertiary/aromatic N) is 1. The van der Waals surface area contributed by atoms with Gasteiger partial charge in [0.25, 0.3) is 0 Å². The van der Waals surface area contributed by atoms with Gasteiger partial charge in [-0.05, 0) is 6.42 Å². The molecule has 0 spiro atoms. The van der Waals surface area contributed by atoms with Crippen LogP contribution in [0, 0.1) is 0 Å². The smallest absolute Gasteiger partial charge is 0.332 e. The first-order valence-corrected chi connectivity index (χ1v) is 5.73. The van der Waals surface area contributed by atoms with E-state index < -0.39 is 24.7 Å². The van der Waals surface area contributed by atoms with Gasteiger partial charge in [0, 0.05) is 26.2 Å². The molecule has 0 saturated carbocycles. The summed E-state index contributed by atoms with van der Waals surface area (Å²) in [5.41, 5.74) is 0. The molecule has 1 saturated heterocycles. The van der Waals surface area contributed by atoms with Gasteiger partial charge in [0.1, 0.15) is 6.54 Å². The third-order valence-corrected chi connectivity index (χ3v) is 2.51. The molecule has 1 unspecified atom stereocenters. The Morgan fingerprint density at radius 1 is 1.41 bits per heavy atom. The van der Waals surface area contributed by atoms with Crippen LogP contribution in [0.4, 0.5) is 13.2 Å². The largest absolute Gasteiger partial charge is 0.406 e. The van der Waals surface area contributed by atoms with Gasteiger partial charge in [0.15, 0.2) is 0 Å². The van der Waals surface area contributed by atoms with Crippen LogP contribution < -0.4 is 10.6 Å². The molecule has 1 fully saturated rings. The van der Waals surface area contributed by atoms with Gasteiger partial charge >= 0.3 is 6.18 Å². The Balaban J connectivity index is 2.58. The summed E-state index contributed by atoms with van der Waals surface area (Å²) in [7, 11) is 0. The lowest BCUT2D eigenvalue weighted by atomic mass is 10.2. The minimum absolute atomic E-state index is 0.135. The minimum atomic E-state index is -4.34. The molecule has 0 radical (unpaired) electrons. The SMILES string of the molecule is CCCN(CC(F)(F)F)C(=O)C1CNCCN1. The fourth-order valence-corrected chi connectivity index (χ4v) is 1.80. The zero-order valence-electron chi connectivity index (χ0n) is 9.81. The molecule has 0 aromatic carbocycles. The van der Waals surface area contributed by atoms with E-state index in [1.807, 2.05) is 0 Å². The molecular formula is C10H18F3N3O. The van der Waals surface area contributed by atoms with Crippen molar-refractivity contribution in [2.24, 2.45) is 0 Å². The molecule has 7 heteroatoms. The van der Waals surface area contributed by atoms with Crippen LogP contribution in [0.2, 0.25) is 0 Å². The summed E-state index contributed by atoms with van der Waals surface area (Å²) in [6, 6.07) is -0.544. The Labute approximate surface area is 98.5 Å². The molecule has 4 nitrogen and oxygen atoms in total. The van der Waals surface area contributed by atoms with Crippen molar-refractivity contribution in [3.63, 3.8) is 0 Å². The van der Waals surface area contributed by atoms with E-state index in [9.17, 15) is 18.0 Å². The maximum Gasteiger partial charge on any atom is 0.406 e. The van der Waals surface area contributed by atoms with Gasteiger partial charge in [-0.2, -0.15) is 13.2 Å². The Kier molecular flexibility index (Phi) is 5.20. The molecular weight excluding hydrogens is 235 g/mol. The standard InChI is InChI=1S/C10H18F3N3O/c1-2-5-16(7-10(11,12)13)9(17)8-6-14-3-4-15-8/h8,14-15H,2-7H2,1H3. The first-order valence-electron chi connectivity index (χ1n) is 5.73. The van der Waals surface area contributed by atoms with Crippen LogP contribution in [0.15, 0.2) is 0 Å². The predicted octanol–water partition coefficient (Wildman–Crippen LogP) is 0.349. The van der Waals surface area contributed by atoms with E-state index in [4.69, 9.17) is 0 Å². The maximum atomic E-state index is 12.3. The molecule has 1 amide bonds. The Morgan fingerprint density at radius 3 is 2.59 bits per heavy atom. The lowest BCUT2D eigenvalue weighted by Gasteiger charge is -2.30. The summed E-state index contributed by atoms with van der Waals surface area (Å²) in [6.07, 6.45) is -3.82. The zero-order valence-corrected chi connectivity index (χ0v) is 9.81. The highest BCUT2D eigenvalue weighted by Gasteiger charge is 2.35. The number of hydrogen-bond donors (Lipinski definition) is 2. The van der Waals surface area contributed by atoms with Gasteiger partial charge in [-0.3, -0.25) is 4.79 Å². The number of piperazine rings is 1. The van der Waals surface area contributed by atoms with Gasteiger partial charge in [0.2, 0.25) is 5.91 Å². The summed E-state index contributed by atoms with van der Waals surface area (Å²) in [4.78, 5) is 12.8. The van der Waals surface area contributed by atoms with E-state index in [0.717, 1.165) is 11.4 Å². The van der Waals surface area contributed by atoms with E-state index >= 15 is 0 Å². The highest BCUT2D eigenvalue weighted by atomic mass is 19.4. The summed E-state index contributed by atoms with van der Waals surface area (Å²) < 4.78 is 37.0. The number of nitrogens with one attached hydrogen (secondary N) is 2. The molecule has 0 bridgehead atoms. The topological polar surface area (TPSA) is 44.4 Å². The molecule has 0 aromatic heterocycles. The molecule has 100 valence electrons. The summed E-state index contributed by atoms with van der Waals surface area (Å²) in [5.74, 6) is -0.476. The van der Waals surface area contributed by atoms with Crippen molar-refractivity contribution in [2.75, 3.05) is 32.7 Å². The summed E-state index contributed by atoms with van der Waals surface area (Å²) in [5, 5.41) is 5.91. The third kappa shape index (κ3) is 4.91. The first kappa shape index (κ1) is 14.2. The average molecular weight is 253 g/mol. The summed E-state index contributed by atoms with van der Waals surface area (Å²) >= 11 is 0. The lowest BCUT2D eigenvalue weighted by Crippen LogP contribution is -2.57. The number of carbonyl (C=O) groups is 1. The highest BCUT2D eigenvalue weighted by molar-refractivity contribution is 5.82. The van der Waals surface area contributed by atoms with Crippen LogP contribution in [-0.2, 0) is 4.79 Å². The second-order valence-corrected chi connectivity index (χ2v) is 4.09. The number of hydrogen-bond acceptors (Lipinski definition) is 3. The van der Waals surface area contributed by atoms with Gasteiger partial charge in [0.05, 0.1) is 6.04 Å². The normalized spacial score (nSPS) is 21.3. The van der Waals surface area contributed by atoms with Crippen LogP contribution in [0.3, 0.4) is 0 Å². The fraction of sp³-hybridized carbons (Fsp3) is 0.900. The van der Waals surface area contributed by atoms with Gasteiger partial charge in [-0.25, -0.2) is 0 Å². The average Bonchev–Trinajstić information content (AvgIpc) is 2.27. The number of rotatable bonds is 4. The van der Waals surface area contributed by atoms with Crippen LogP contribution >= 0.6 is 0 Å². The molecule has 1 atom stereocenters. The Bertz CT molecular complexity index is 252. The Hall–Kier alpha value is -0.820. The van der Waals surface area contributed by atoms with Crippen LogP contribution in [0.5, 0.6) is 0 Å². The van der Waals surface area contributed by atoms with Crippen LogP contribution in [-0.4, -0.2) is 55.7 Å². The van der Waals surface area contributed by atoms with Crippen molar-refractivity contribution in [3.8, 4) is 0 Å². The van der Waals surface area contributed by atoms with E-state index in [2.05, 4.69) is 10.6 Å². The van der Waals surface area contributed by atoms with Crippen LogP contribution in [0.1, 0.15) is 13.3 Å². The van der Waals surface area contributed by atoms with E-state index in [1.165, 1.54) is 0 Å². The van der Waals surface area contributed by atoms with E-state index in [-0.39, 0.29) is 6.54 Å². The molecule has 0 aromatic rings. The van der Waals surface area contributed by atoms with Crippen molar-refractivity contribution < 1.29 is 18.0 Å². The number of amides is 1. The first-order chi connectivity index (χ1) is 7.94.